The molecule has 0 aliphatic rings. The van der Waals surface area contributed by atoms with Crippen LogP contribution in [0.5, 0.6) is 0 Å². The molecule has 7 heteroatoms. The second kappa shape index (κ2) is 5.14. The Labute approximate surface area is 109 Å². The van der Waals surface area contributed by atoms with Gasteiger partial charge in [-0.1, -0.05) is 22.9 Å². The van der Waals surface area contributed by atoms with Crippen molar-refractivity contribution in [2.45, 2.75) is 20.3 Å². The van der Waals surface area contributed by atoms with E-state index in [0.29, 0.717) is 16.5 Å². The summed E-state index contributed by atoms with van der Waals surface area (Å²) in [6.07, 6.45) is 0.0557. The molecule has 1 heterocycles. The summed E-state index contributed by atoms with van der Waals surface area (Å²) in [4.78, 5) is 11.8. The predicted molar refractivity (Wildman–Crippen MR) is 67.4 cm³/mol. The first-order valence-corrected chi connectivity index (χ1v) is 5.73. The molecule has 0 bridgehead atoms. The van der Waals surface area contributed by atoms with Crippen LogP contribution in [0, 0.1) is 13.8 Å². The van der Waals surface area contributed by atoms with Gasteiger partial charge in [0.1, 0.15) is 0 Å². The fraction of sp³-hybridized carbons (Fsp3) is 0.273. The number of hydrogen-bond donors (Lipinski definition) is 2. The number of aromatic nitrogens is 4. The molecular formula is C11H12ClN5O. The van der Waals surface area contributed by atoms with E-state index in [-0.39, 0.29) is 12.3 Å². The predicted octanol–water partition coefficient (Wildman–Crippen LogP) is 1.65. The Kier molecular flexibility index (Phi) is 3.57. The number of carbonyl (C=O) groups excluding carboxylic acids is 1. The summed E-state index contributed by atoms with van der Waals surface area (Å²) in [5.41, 5.74) is 2.59. The van der Waals surface area contributed by atoms with E-state index in [2.05, 4.69) is 25.9 Å². The zero-order valence-corrected chi connectivity index (χ0v) is 10.7. The third-order valence-corrected chi connectivity index (χ3v) is 2.70. The van der Waals surface area contributed by atoms with E-state index in [9.17, 15) is 4.79 Å². The van der Waals surface area contributed by atoms with Crippen molar-refractivity contribution in [3.63, 3.8) is 0 Å². The molecule has 1 aromatic heterocycles. The minimum absolute atomic E-state index is 0.0557. The number of nitrogens with zero attached hydrogens (tertiary/aromatic N) is 3. The van der Waals surface area contributed by atoms with Gasteiger partial charge >= 0.3 is 0 Å². The number of hydrogen-bond acceptors (Lipinski definition) is 4. The lowest BCUT2D eigenvalue weighted by Crippen LogP contribution is -2.16. The molecule has 6 nitrogen and oxygen atoms in total. The Bertz CT molecular complexity index is 544. The monoisotopic (exact) mass is 265 g/mol. The van der Waals surface area contributed by atoms with E-state index >= 15 is 0 Å². The van der Waals surface area contributed by atoms with Crippen molar-refractivity contribution in [1.29, 1.82) is 0 Å². The molecule has 0 atom stereocenters. The van der Waals surface area contributed by atoms with Gasteiger partial charge in [0.05, 0.1) is 17.1 Å². The first-order valence-electron chi connectivity index (χ1n) is 5.35. The van der Waals surface area contributed by atoms with Crippen molar-refractivity contribution in [3.05, 3.63) is 34.1 Å². The highest BCUT2D eigenvalue weighted by Gasteiger charge is 2.11. The maximum absolute atomic E-state index is 11.8. The number of carbonyl (C=O) groups is 1. The number of benzene rings is 1. The third-order valence-electron chi connectivity index (χ3n) is 2.40. The highest BCUT2D eigenvalue weighted by molar-refractivity contribution is 6.34. The molecule has 0 aliphatic carbocycles. The summed E-state index contributed by atoms with van der Waals surface area (Å²) in [5.74, 6) is 0.110. The molecule has 0 spiro atoms. The van der Waals surface area contributed by atoms with Crippen LogP contribution in [-0.4, -0.2) is 26.5 Å². The molecule has 18 heavy (non-hydrogen) atoms. The highest BCUT2D eigenvalue weighted by atomic mass is 35.5. The van der Waals surface area contributed by atoms with Gasteiger partial charge in [0.2, 0.25) is 5.91 Å². The van der Waals surface area contributed by atoms with Crippen LogP contribution < -0.4 is 5.32 Å². The summed E-state index contributed by atoms with van der Waals surface area (Å²) in [5, 5.41) is 16.4. The van der Waals surface area contributed by atoms with Crippen LogP contribution in [0.15, 0.2) is 12.1 Å². The highest BCUT2D eigenvalue weighted by Crippen LogP contribution is 2.27. The van der Waals surface area contributed by atoms with Gasteiger partial charge in [0.15, 0.2) is 5.82 Å². The molecule has 2 rings (SSSR count). The van der Waals surface area contributed by atoms with Crippen LogP contribution in [0.1, 0.15) is 17.0 Å². The van der Waals surface area contributed by atoms with Crippen molar-refractivity contribution in [2.75, 3.05) is 5.32 Å². The van der Waals surface area contributed by atoms with Crippen molar-refractivity contribution < 1.29 is 4.79 Å². The maximum atomic E-state index is 11.8. The van der Waals surface area contributed by atoms with Gasteiger partial charge < -0.3 is 5.32 Å². The zero-order chi connectivity index (χ0) is 13.1. The number of rotatable bonds is 3. The molecule has 0 saturated heterocycles. The van der Waals surface area contributed by atoms with Crippen molar-refractivity contribution in [1.82, 2.24) is 20.6 Å². The smallest absolute Gasteiger partial charge is 0.232 e. The quantitative estimate of drug-likeness (QED) is 0.884. The number of H-pyrrole nitrogens is 1. The number of aromatic amines is 1. The van der Waals surface area contributed by atoms with Crippen LogP contribution in [0.3, 0.4) is 0 Å². The summed E-state index contributed by atoms with van der Waals surface area (Å²) < 4.78 is 0. The van der Waals surface area contributed by atoms with Crippen LogP contribution >= 0.6 is 11.6 Å². The van der Waals surface area contributed by atoms with E-state index in [1.54, 1.807) is 6.07 Å². The summed E-state index contributed by atoms with van der Waals surface area (Å²) in [6.45, 7) is 3.84. The van der Waals surface area contributed by atoms with Gasteiger partial charge in [-0.3, -0.25) is 4.79 Å². The summed E-state index contributed by atoms with van der Waals surface area (Å²) in [6, 6.07) is 3.76. The Morgan fingerprint density at radius 1 is 1.44 bits per heavy atom. The Balaban J connectivity index is 2.12. The molecule has 94 valence electrons. The van der Waals surface area contributed by atoms with Crippen molar-refractivity contribution >= 4 is 23.2 Å². The van der Waals surface area contributed by atoms with Gasteiger partial charge in [-0.05, 0) is 31.0 Å². The van der Waals surface area contributed by atoms with Gasteiger partial charge in [-0.2, -0.15) is 5.21 Å². The zero-order valence-electron chi connectivity index (χ0n) is 9.99. The lowest BCUT2D eigenvalue weighted by Gasteiger charge is -2.10. The number of halogens is 1. The average molecular weight is 266 g/mol. The molecule has 0 saturated carbocycles. The van der Waals surface area contributed by atoms with Crippen molar-refractivity contribution in [3.8, 4) is 0 Å². The SMILES string of the molecule is Cc1cc(C)c(NC(=O)Cc2nn[nH]n2)c(Cl)c1. The van der Waals surface area contributed by atoms with Crippen LogP contribution in [0.2, 0.25) is 5.02 Å². The number of tetrazole rings is 1. The largest absolute Gasteiger partial charge is 0.324 e. The normalized spacial score (nSPS) is 10.4. The van der Waals surface area contributed by atoms with Crippen LogP contribution in [0.4, 0.5) is 5.69 Å². The molecule has 1 amide bonds. The first-order chi connectivity index (χ1) is 8.56. The maximum Gasteiger partial charge on any atom is 0.232 e. The molecule has 1 aromatic carbocycles. The van der Waals surface area contributed by atoms with Crippen LogP contribution in [0.25, 0.3) is 0 Å². The first kappa shape index (κ1) is 12.5. The number of nitrogens with one attached hydrogen (secondary N) is 2. The molecule has 0 aliphatic heterocycles. The van der Waals surface area contributed by atoms with E-state index < -0.39 is 0 Å². The summed E-state index contributed by atoms with van der Waals surface area (Å²) >= 11 is 6.10. The third kappa shape index (κ3) is 2.84. The second-order valence-corrected chi connectivity index (χ2v) is 4.40. The molecule has 0 unspecified atom stereocenters. The second-order valence-electron chi connectivity index (χ2n) is 3.99. The Morgan fingerprint density at radius 3 is 2.83 bits per heavy atom. The van der Waals surface area contributed by atoms with Crippen LogP contribution in [-0.2, 0) is 11.2 Å². The van der Waals surface area contributed by atoms with Gasteiger partial charge in [0.25, 0.3) is 0 Å². The van der Waals surface area contributed by atoms with E-state index in [1.165, 1.54) is 0 Å². The minimum atomic E-state index is -0.231. The average Bonchev–Trinajstić information content (AvgIpc) is 2.76. The molecule has 0 radical (unpaired) electrons. The standard InChI is InChI=1S/C11H12ClN5O/c1-6-3-7(2)11(8(12)4-6)13-10(18)5-9-14-16-17-15-9/h3-4H,5H2,1-2H3,(H,13,18)(H,14,15,16,17). The Morgan fingerprint density at radius 2 is 2.22 bits per heavy atom. The van der Waals surface area contributed by atoms with E-state index in [1.807, 2.05) is 19.9 Å². The van der Waals surface area contributed by atoms with Gasteiger partial charge in [-0.15, -0.1) is 10.2 Å². The van der Waals surface area contributed by atoms with Gasteiger partial charge in [-0.25, -0.2) is 0 Å². The number of aryl methyl sites for hydroxylation is 2. The fourth-order valence-electron chi connectivity index (χ4n) is 1.66. The summed E-state index contributed by atoms with van der Waals surface area (Å²) in [7, 11) is 0. The van der Waals surface area contributed by atoms with Crippen molar-refractivity contribution in [2.24, 2.45) is 0 Å². The molecule has 0 fully saturated rings. The minimum Gasteiger partial charge on any atom is -0.324 e. The van der Waals surface area contributed by atoms with E-state index in [4.69, 9.17) is 11.6 Å². The number of anilines is 1. The molecule has 2 N–H and O–H groups in total. The number of amides is 1. The lowest BCUT2D eigenvalue weighted by molar-refractivity contribution is -0.115. The molecule has 2 aromatic rings. The topological polar surface area (TPSA) is 83.6 Å². The van der Waals surface area contributed by atoms with Gasteiger partial charge in [0, 0.05) is 0 Å². The Hall–Kier alpha value is -1.95. The van der Waals surface area contributed by atoms with E-state index in [0.717, 1.165) is 11.1 Å². The molecular weight excluding hydrogens is 254 g/mol. The fourth-order valence-corrected chi connectivity index (χ4v) is 2.03. The lowest BCUT2D eigenvalue weighted by atomic mass is 10.1.